The van der Waals surface area contributed by atoms with Gasteiger partial charge in [-0.05, 0) is 74.9 Å². The van der Waals surface area contributed by atoms with E-state index in [1.54, 1.807) is 0 Å². The van der Waals surface area contributed by atoms with E-state index in [0.717, 1.165) is 70.3 Å². The van der Waals surface area contributed by atoms with Crippen LogP contribution in [0.15, 0.2) is 54.6 Å². The number of hydrogen-bond acceptors (Lipinski definition) is 4. The largest absolute Gasteiger partial charge is 0.349 e. The molecule has 7 heteroatoms. The number of nitrogens with one attached hydrogen (secondary N) is 1. The first kappa shape index (κ1) is 26.2. The smallest absolute Gasteiger partial charge is 0.229 e. The van der Waals surface area contributed by atoms with Gasteiger partial charge in [-0.25, -0.2) is 0 Å². The topological polar surface area (TPSA) is 76.4 Å². The molecule has 5 rings (SSSR count). The van der Waals surface area contributed by atoms with Crippen LogP contribution in [0, 0.1) is 22.7 Å². The summed E-state index contributed by atoms with van der Waals surface area (Å²) in [5, 5.41) is 12.3. The summed E-state index contributed by atoms with van der Waals surface area (Å²) >= 11 is 0. The average Bonchev–Trinajstić information content (AvgIpc) is 3.72. The summed E-state index contributed by atoms with van der Waals surface area (Å²) in [5.74, 6) is 0.687. The molecule has 0 radical (unpaired) electrons. The zero-order chi connectivity index (χ0) is 24.3. The lowest BCUT2D eigenvalue weighted by Crippen LogP contribution is -2.45. The Morgan fingerprint density at radius 1 is 1.03 bits per heavy atom. The minimum atomic E-state index is -0.220. The highest BCUT2D eigenvalue weighted by Gasteiger charge is 2.47. The van der Waals surface area contributed by atoms with Gasteiger partial charge >= 0.3 is 0 Å². The van der Waals surface area contributed by atoms with Crippen LogP contribution < -0.4 is 5.32 Å². The van der Waals surface area contributed by atoms with Crippen molar-refractivity contribution in [2.24, 2.45) is 11.3 Å². The molecule has 2 saturated heterocycles. The van der Waals surface area contributed by atoms with Crippen molar-refractivity contribution in [3.05, 3.63) is 71.3 Å². The Morgan fingerprint density at radius 3 is 2.33 bits per heavy atom. The number of amides is 2. The van der Waals surface area contributed by atoms with E-state index in [4.69, 9.17) is 5.26 Å². The molecule has 0 bridgehead atoms. The van der Waals surface area contributed by atoms with Gasteiger partial charge in [-0.3, -0.25) is 9.59 Å². The molecule has 3 fully saturated rings. The van der Waals surface area contributed by atoms with Crippen LogP contribution in [0.25, 0.3) is 0 Å². The van der Waals surface area contributed by atoms with E-state index in [0.29, 0.717) is 18.0 Å². The third-order valence-corrected chi connectivity index (χ3v) is 8.07. The fraction of sp³-hybridized carbons (Fsp3) is 0.483. The van der Waals surface area contributed by atoms with Gasteiger partial charge in [0, 0.05) is 25.6 Å². The average molecular weight is 507 g/mol. The summed E-state index contributed by atoms with van der Waals surface area (Å²) in [7, 11) is 0. The molecule has 2 heterocycles. The Kier molecular flexibility index (Phi) is 8.33. The van der Waals surface area contributed by atoms with Crippen LogP contribution >= 0.6 is 12.4 Å². The van der Waals surface area contributed by atoms with E-state index in [2.05, 4.69) is 28.4 Å². The summed E-state index contributed by atoms with van der Waals surface area (Å²) in [6, 6.07) is 20.0. The molecule has 2 amide bonds. The summed E-state index contributed by atoms with van der Waals surface area (Å²) in [4.78, 5) is 30.3. The maximum absolute atomic E-state index is 13.4. The lowest BCUT2D eigenvalue weighted by atomic mass is 9.77. The van der Waals surface area contributed by atoms with E-state index in [-0.39, 0.29) is 35.7 Å². The normalized spacial score (nSPS) is 20.0. The molecule has 2 aromatic carbocycles. The van der Waals surface area contributed by atoms with Gasteiger partial charge in [-0.1, -0.05) is 42.5 Å². The number of nitriles is 1. The minimum absolute atomic E-state index is 0. The first-order chi connectivity index (χ1) is 17.1. The van der Waals surface area contributed by atoms with Gasteiger partial charge in [-0.2, -0.15) is 5.26 Å². The maximum atomic E-state index is 13.4. The number of rotatable bonds is 8. The number of hydrogen-bond donors (Lipinski definition) is 1. The Morgan fingerprint density at radius 2 is 1.69 bits per heavy atom. The number of benzene rings is 2. The molecule has 0 aromatic heterocycles. The number of piperidine rings is 1. The predicted molar refractivity (Wildman–Crippen MR) is 141 cm³/mol. The molecule has 36 heavy (non-hydrogen) atoms. The van der Waals surface area contributed by atoms with Crippen molar-refractivity contribution in [3.8, 4) is 6.07 Å². The van der Waals surface area contributed by atoms with Crippen LogP contribution in [0.3, 0.4) is 0 Å². The third-order valence-electron chi connectivity index (χ3n) is 8.07. The highest BCUT2D eigenvalue weighted by Crippen LogP contribution is 2.42. The van der Waals surface area contributed by atoms with Crippen molar-refractivity contribution < 1.29 is 9.59 Å². The molecular weight excluding hydrogens is 472 g/mol. The van der Waals surface area contributed by atoms with Gasteiger partial charge in [0.2, 0.25) is 11.8 Å². The van der Waals surface area contributed by atoms with Gasteiger partial charge in [0.15, 0.2) is 0 Å². The fourth-order valence-electron chi connectivity index (χ4n) is 5.57. The molecule has 3 aliphatic rings. The SMILES string of the molecule is Cl.N#Cc1ccc(CN2CCC3(CCN(CC[C@H](NC(=O)C4CC4)c4ccccc4)CC3)C2=O)cc1. The maximum Gasteiger partial charge on any atom is 0.229 e. The van der Waals surface area contributed by atoms with Crippen LogP contribution in [0.4, 0.5) is 0 Å². The zero-order valence-electron chi connectivity index (χ0n) is 20.7. The first-order valence-electron chi connectivity index (χ1n) is 12.9. The van der Waals surface area contributed by atoms with E-state index < -0.39 is 0 Å². The lowest BCUT2D eigenvalue weighted by molar-refractivity contribution is -0.139. The van der Waals surface area contributed by atoms with Crippen molar-refractivity contribution in [2.45, 2.75) is 51.1 Å². The van der Waals surface area contributed by atoms with Crippen LogP contribution in [0.5, 0.6) is 0 Å². The number of halogens is 1. The molecule has 6 nitrogen and oxygen atoms in total. The van der Waals surface area contributed by atoms with Crippen molar-refractivity contribution >= 4 is 24.2 Å². The molecular formula is C29H35ClN4O2. The monoisotopic (exact) mass is 506 g/mol. The first-order valence-corrected chi connectivity index (χ1v) is 12.9. The molecule has 2 aliphatic heterocycles. The Hall–Kier alpha value is -2.88. The Balaban J connectivity index is 0.00000304. The van der Waals surface area contributed by atoms with Crippen LogP contribution in [0.1, 0.15) is 61.3 Å². The summed E-state index contributed by atoms with van der Waals surface area (Å²) < 4.78 is 0. The van der Waals surface area contributed by atoms with E-state index >= 15 is 0 Å². The van der Waals surface area contributed by atoms with Crippen LogP contribution in [-0.4, -0.2) is 47.8 Å². The van der Waals surface area contributed by atoms with Crippen molar-refractivity contribution in [3.63, 3.8) is 0 Å². The van der Waals surface area contributed by atoms with Gasteiger partial charge in [0.25, 0.3) is 0 Å². The second-order valence-electron chi connectivity index (χ2n) is 10.4. The van der Waals surface area contributed by atoms with Gasteiger partial charge < -0.3 is 15.1 Å². The molecule has 1 N–H and O–H groups in total. The quantitative estimate of drug-likeness (QED) is 0.573. The second-order valence-corrected chi connectivity index (χ2v) is 10.4. The molecule has 2 aromatic rings. The van der Waals surface area contributed by atoms with Gasteiger partial charge in [-0.15, -0.1) is 12.4 Å². The number of likely N-dealkylation sites (tertiary alicyclic amines) is 2. The van der Waals surface area contributed by atoms with E-state index in [1.165, 1.54) is 5.56 Å². The molecule has 1 aliphatic carbocycles. The standard InChI is InChI=1S/C29H34N4O2.ClH/c30-20-22-6-8-23(9-7-22)21-33-19-15-29(28(33)35)13-17-32(18-14-29)16-12-26(24-4-2-1-3-5-24)31-27(34)25-10-11-25;/h1-9,25-26H,10-19,21H2,(H,31,34);1H/t26-;/m0./s1. The van der Waals surface area contributed by atoms with Crippen molar-refractivity contribution in [1.82, 2.24) is 15.1 Å². The van der Waals surface area contributed by atoms with Gasteiger partial charge in [0.05, 0.1) is 23.1 Å². The van der Waals surface area contributed by atoms with Gasteiger partial charge in [0.1, 0.15) is 0 Å². The lowest BCUT2D eigenvalue weighted by Gasteiger charge is -2.38. The Bertz CT molecular complexity index is 1090. The van der Waals surface area contributed by atoms with Crippen LogP contribution in [-0.2, 0) is 16.1 Å². The predicted octanol–water partition coefficient (Wildman–Crippen LogP) is 4.45. The summed E-state index contributed by atoms with van der Waals surface area (Å²) in [6.07, 6.45) is 5.64. The summed E-state index contributed by atoms with van der Waals surface area (Å²) in [5.41, 5.74) is 2.67. The van der Waals surface area contributed by atoms with Crippen molar-refractivity contribution in [1.29, 1.82) is 5.26 Å². The number of carbonyl (C=O) groups is 2. The van der Waals surface area contributed by atoms with Crippen molar-refractivity contribution in [2.75, 3.05) is 26.2 Å². The molecule has 1 spiro atoms. The zero-order valence-corrected chi connectivity index (χ0v) is 21.5. The van der Waals surface area contributed by atoms with E-state index in [1.807, 2.05) is 47.4 Å². The second kappa shape index (κ2) is 11.5. The molecule has 1 saturated carbocycles. The number of nitrogens with zero attached hydrogens (tertiary/aromatic N) is 3. The molecule has 0 unspecified atom stereocenters. The van der Waals surface area contributed by atoms with Crippen LogP contribution in [0.2, 0.25) is 0 Å². The van der Waals surface area contributed by atoms with E-state index in [9.17, 15) is 9.59 Å². The highest BCUT2D eigenvalue weighted by molar-refractivity contribution is 5.85. The third kappa shape index (κ3) is 5.91. The minimum Gasteiger partial charge on any atom is -0.349 e. The Labute approximate surface area is 220 Å². The fourth-order valence-corrected chi connectivity index (χ4v) is 5.57. The molecule has 190 valence electrons. The summed E-state index contributed by atoms with van der Waals surface area (Å²) in [6.45, 7) is 4.20. The molecule has 1 atom stereocenters. The highest BCUT2D eigenvalue weighted by atomic mass is 35.5. The number of carbonyl (C=O) groups excluding carboxylic acids is 2.